The van der Waals surface area contributed by atoms with Crippen LogP contribution in [-0.4, -0.2) is 70.1 Å². The number of likely N-dealkylation sites (tertiary alicyclic amines) is 1. The molecular weight excluding hydrogens is 634 g/mol. The molecule has 1 N–H and O–H groups in total. The van der Waals surface area contributed by atoms with Crippen molar-refractivity contribution >= 4 is 52.5 Å². The number of para-hydroxylation sites is 1. The van der Waals surface area contributed by atoms with Crippen LogP contribution >= 0.6 is 23.4 Å². The molecule has 4 aliphatic heterocycles. The highest BCUT2D eigenvalue weighted by atomic mass is 35.5. The lowest BCUT2D eigenvalue weighted by Gasteiger charge is -2.39. The number of ether oxygens (including phenoxy) is 1. The van der Waals surface area contributed by atoms with Crippen molar-refractivity contribution in [3.63, 3.8) is 0 Å². The summed E-state index contributed by atoms with van der Waals surface area (Å²) in [4.78, 5) is 49.6. The lowest BCUT2D eigenvalue weighted by Crippen LogP contribution is -2.54. The van der Waals surface area contributed by atoms with Gasteiger partial charge in [-0.25, -0.2) is 0 Å². The number of anilines is 2. The monoisotopic (exact) mass is 669 g/mol. The maximum absolute atomic E-state index is 15.0. The number of aryl methyl sites for hydroxylation is 1. The van der Waals surface area contributed by atoms with Crippen LogP contribution in [0.2, 0.25) is 5.02 Å². The zero-order valence-electron chi connectivity index (χ0n) is 26.2. The standard InChI is InChI=1S/C37H36ClN3O5S/c1-3-46-26-17-15-25(16-18-26)39-20-8-14-29-30(34(39)43)31-35(44)41(28(22-42)24-11-5-4-6-12-24)33-36(45)40(21-9-19-37(31,33)47-29)32-23(2)10-7-13-27(32)38/h4-19,28-31,33,42H,3,20-22H2,1-2H3/t28-,29-,30+,31+,33?,37+/m1/s1. The molecule has 1 unspecified atom stereocenters. The summed E-state index contributed by atoms with van der Waals surface area (Å²) in [6, 6.07) is 20.4. The second-order valence-electron chi connectivity index (χ2n) is 12.3. The highest BCUT2D eigenvalue weighted by Gasteiger charge is 2.72. The van der Waals surface area contributed by atoms with E-state index in [-0.39, 0.29) is 36.1 Å². The predicted molar refractivity (Wildman–Crippen MR) is 185 cm³/mol. The van der Waals surface area contributed by atoms with E-state index in [0.717, 1.165) is 5.56 Å². The Bertz CT molecular complexity index is 1740. The van der Waals surface area contributed by atoms with Gasteiger partial charge in [-0.1, -0.05) is 78.4 Å². The van der Waals surface area contributed by atoms with Gasteiger partial charge in [-0.3, -0.25) is 14.4 Å². The largest absolute Gasteiger partial charge is 0.494 e. The lowest BCUT2D eigenvalue weighted by atomic mass is 9.78. The Hall–Kier alpha value is -4.05. The Morgan fingerprint density at radius 3 is 2.38 bits per heavy atom. The number of aliphatic hydroxyl groups is 1. The van der Waals surface area contributed by atoms with Gasteiger partial charge < -0.3 is 24.5 Å². The molecule has 10 heteroatoms. The maximum atomic E-state index is 15.0. The Labute approximate surface area is 283 Å². The van der Waals surface area contributed by atoms with Crippen molar-refractivity contribution in [2.45, 2.75) is 35.9 Å². The Balaban J connectivity index is 1.35. The number of carbonyl (C=O) groups excluding carboxylic acids is 3. The van der Waals surface area contributed by atoms with Crippen LogP contribution in [0.15, 0.2) is 97.1 Å². The molecule has 0 aromatic heterocycles. The van der Waals surface area contributed by atoms with Crippen LogP contribution in [0.3, 0.4) is 0 Å². The fourth-order valence-corrected chi connectivity index (χ4v) is 10.0. The van der Waals surface area contributed by atoms with E-state index in [0.29, 0.717) is 40.9 Å². The zero-order chi connectivity index (χ0) is 32.9. The van der Waals surface area contributed by atoms with E-state index in [1.807, 2.05) is 105 Å². The van der Waals surface area contributed by atoms with Crippen molar-refractivity contribution in [1.82, 2.24) is 4.90 Å². The first-order chi connectivity index (χ1) is 22.8. The molecule has 6 atom stereocenters. The Morgan fingerprint density at radius 2 is 1.68 bits per heavy atom. The minimum Gasteiger partial charge on any atom is -0.494 e. The van der Waals surface area contributed by atoms with Crippen molar-refractivity contribution in [1.29, 1.82) is 0 Å². The molecule has 2 fully saturated rings. The van der Waals surface area contributed by atoms with Gasteiger partial charge in [0.2, 0.25) is 11.8 Å². The number of rotatable bonds is 7. The van der Waals surface area contributed by atoms with Crippen LogP contribution in [0.1, 0.15) is 24.1 Å². The van der Waals surface area contributed by atoms with Crippen LogP contribution in [0.25, 0.3) is 0 Å². The van der Waals surface area contributed by atoms with Crippen molar-refractivity contribution in [2.24, 2.45) is 11.8 Å². The molecule has 47 heavy (non-hydrogen) atoms. The van der Waals surface area contributed by atoms with Crippen LogP contribution in [0.4, 0.5) is 11.4 Å². The van der Waals surface area contributed by atoms with Crippen molar-refractivity contribution in [3.8, 4) is 5.75 Å². The Kier molecular flexibility index (Phi) is 8.40. The van der Waals surface area contributed by atoms with E-state index in [1.54, 1.807) is 20.8 Å². The van der Waals surface area contributed by atoms with Gasteiger partial charge >= 0.3 is 0 Å². The van der Waals surface area contributed by atoms with E-state index in [4.69, 9.17) is 16.3 Å². The topological polar surface area (TPSA) is 90.4 Å². The summed E-state index contributed by atoms with van der Waals surface area (Å²) >= 11 is 8.22. The number of hydrogen-bond donors (Lipinski definition) is 1. The number of halogens is 1. The lowest BCUT2D eigenvalue weighted by molar-refractivity contribution is -0.141. The summed E-state index contributed by atoms with van der Waals surface area (Å²) in [5.41, 5.74) is 2.84. The van der Waals surface area contributed by atoms with Crippen molar-refractivity contribution < 1.29 is 24.2 Å². The molecule has 1 spiro atoms. The average molecular weight is 670 g/mol. The van der Waals surface area contributed by atoms with E-state index in [9.17, 15) is 14.7 Å². The van der Waals surface area contributed by atoms with Crippen molar-refractivity contribution in [3.05, 3.63) is 113 Å². The first-order valence-corrected chi connectivity index (χ1v) is 17.2. The number of thioether (sulfide) groups is 1. The molecule has 0 radical (unpaired) electrons. The predicted octanol–water partition coefficient (Wildman–Crippen LogP) is 5.58. The van der Waals surface area contributed by atoms with E-state index in [2.05, 4.69) is 0 Å². The molecule has 0 bridgehead atoms. The number of fused-ring (bicyclic) bond motifs is 2. The van der Waals surface area contributed by atoms with Crippen molar-refractivity contribution in [2.75, 3.05) is 36.1 Å². The summed E-state index contributed by atoms with van der Waals surface area (Å²) in [7, 11) is 0. The SMILES string of the molecule is CCOc1ccc(N2CC=C[C@H]3S[C@]45C=CCN(c6c(C)cccc6Cl)C(=O)C4N([C@H](CO)c4ccccc4)C(=O)[C@@H]5[C@H]3C2=O)cc1. The van der Waals surface area contributed by atoms with Gasteiger partial charge in [-0.15, -0.1) is 11.8 Å². The molecule has 8 nitrogen and oxygen atoms in total. The van der Waals surface area contributed by atoms with E-state index >= 15 is 4.79 Å². The molecule has 0 aliphatic carbocycles. The molecule has 2 saturated heterocycles. The van der Waals surface area contributed by atoms with Crippen LogP contribution in [0.5, 0.6) is 5.75 Å². The summed E-state index contributed by atoms with van der Waals surface area (Å²) in [6.45, 7) is 4.58. The van der Waals surface area contributed by atoms with E-state index in [1.165, 1.54) is 11.8 Å². The van der Waals surface area contributed by atoms with Gasteiger partial charge in [-0.05, 0) is 55.3 Å². The van der Waals surface area contributed by atoms with Crippen LogP contribution in [-0.2, 0) is 14.4 Å². The first-order valence-electron chi connectivity index (χ1n) is 15.9. The number of benzene rings is 3. The van der Waals surface area contributed by atoms with Gasteiger partial charge in [0.25, 0.3) is 5.91 Å². The number of carbonyl (C=O) groups is 3. The van der Waals surface area contributed by atoms with Crippen LogP contribution in [0, 0.1) is 18.8 Å². The summed E-state index contributed by atoms with van der Waals surface area (Å²) in [6.07, 6.45) is 7.90. The Morgan fingerprint density at radius 1 is 0.936 bits per heavy atom. The summed E-state index contributed by atoms with van der Waals surface area (Å²) in [5, 5.41) is 11.0. The quantitative estimate of drug-likeness (QED) is 0.330. The summed E-state index contributed by atoms with van der Waals surface area (Å²) < 4.78 is 4.56. The molecule has 3 aromatic carbocycles. The molecule has 3 amide bonds. The van der Waals surface area contributed by atoms with Gasteiger partial charge in [0.05, 0.1) is 46.5 Å². The number of aliphatic hydroxyl groups excluding tert-OH is 1. The second-order valence-corrected chi connectivity index (χ2v) is 14.2. The van der Waals surface area contributed by atoms with Gasteiger partial charge in [0, 0.05) is 24.0 Å². The molecule has 242 valence electrons. The number of amides is 3. The third kappa shape index (κ3) is 5.07. The van der Waals surface area contributed by atoms with Crippen LogP contribution < -0.4 is 14.5 Å². The molecular formula is C37H36ClN3O5S. The number of hydrogen-bond acceptors (Lipinski definition) is 6. The third-order valence-electron chi connectivity index (χ3n) is 9.71. The molecule has 3 aromatic rings. The third-order valence-corrected chi connectivity index (χ3v) is 11.8. The molecule has 0 saturated carbocycles. The van der Waals surface area contributed by atoms with Gasteiger partial charge in [-0.2, -0.15) is 0 Å². The minimum atomic E-state index is -1.06. The molecule has 4 heterocycles. The molecule has 7 rings (SSSR count). The normalized spacial score (nSPS) is 27.3. The highest BCUT2D eigenvalue weighted by Crippen LogP contribution is 2.62. The van der Waals surface area contributed by atoms with Gasteiger partial charge in [0.1, 0.15) is 11.8 Å². The highest BCUT2D eigenvalue weighted by molar-refractivity contribution is 8.02. The maximum Gasteiger partial charge on any atom is 0.251 e. The number of nitrogens with zero attached hydrogens (tertiary/aromatic N) is 3. The smallest absolute Gasteiger partial charge is 0.251 e. The fourth-order valence-electron chi connectivity index (χ4n) is 7.73. The van der Waals surface area contributed by atoms with Gasteiger partial charge in [0.15, 0.2) is 0 Å². The van der Waals surface area contributed by atoms with E-state index < -0.39 is 28.7 Å². The average Bonchev–Trinajstić information content (AvgIpc) is 3.39. The minimum absolute atomic E-state index is 0.170. The first kappa shape index (κ1) is 31.5. The second kappa shape index (κ2) is 12.5. The molecule has 4 aliphatic rings. The zero-order valence-corrected chi connectivity index (χ0v) is 27.7. The summed E-state index contributed by atoms with van der Waals surface area (Å²) in [5.74, 6) is -1.64. The fraction of sp³-hybridized carbons (Fsp3) is 0.324.